The third kappa shape index (κ3) is 6.93. The van der Waals surface area contributed by atoms with Crippen LogP contribution < -0.4 is 0 Å². The van der Waals surface area contributed by atoms with Gasteiger partial charge in [-0.2, -0.15) is 0 Å². The number of hydrogen-bond donors (Lipinski definition) is 3. The molecule has 0 radical (unpaired) electrons. The number of nitrogens with one attached hydrogen (secondary N) is 1. The van der Waals surface area contributed by atoms with E-state index in [4.69, 9.17) is 5.11 Å². The van der Waals surface area contributed by atoms with Crippen LogP contribution in [0.2, 0.25) is 0 Å². The van der Waals surface area contributed by atoms with Gasteiger partial charge in [0.1, 0.15) is 11.3 Å². The van der Waals surface area contributed by atoms with Crippen molar-refractivity contribution in [3.05, 3.63) is 18.3 Å². The molecule has 2 aromatic heterocycles. The van der Waals surface area contributed by atoms with Gasteiger partial charge in [0.25, 0.3) is 0 Å². The van der Waals surface area contributed by atoms with E-state index in [0.29, 0.717) is 24.5 Å². The van der Waals surface area contributed by atoms with Gasteiger partial charge in [0.05, 0.1) is 18.6 Å². The molecule has 2 aromatic rings. The van der Waals surface area contributed by atoms with Crippen LogP contribution in [0, 0.1) is 0 Å². The second kappa shape index (κ2) is 11.1. The van der Waals surface area contributed by atoms with Gasteiger partial charge in [-0.05, 0) is 12.8 Å². The molecule has 3 N–H and O–H groups in total. The van der Waals surface area contributed by atoms with Crippen molar-refractivity contribution in [2.45, 2.75) is 76.7 Å². The summed E-state index contributed by atoms with van der Waals surface area (Å²) in [6, 6.07) is 0. The van der Waals surface area contributed by atoms with Crippen molar-refractivity contribution in [1.82, 2.24) is 19.9 Å². The number of nitrogens with zero attached hydrogens (tertiary/aromatic N) is 3. The number of aliphatic hydroxyl groups excluding tert-OH is 2. The van der Waals surface area contributed by atoms with E-state index in [-0.39, 0.29) is 6.10 Å². The zero-order valence-corrected chi connectivity index (χ0v) is 14.5. The highest BCUT2D eigenvalue weighted by Crippen LogP contribution is 2.13. The Labute approximate surface area is 143 Å². The van der Waals surface area contributed by atoms with E-state index in [2.05, 4.69) is 19.9 Å². The fourth-order valence-electron chi connectivity index (χ4n) is 2.91. The van der Waals surface area contributed by atoms with Crippen LogP contribution >= 0.6 is 0 Å². The molecule has 0 spiro atoms. The smallest absolute Gasteiger partial charge is 0.180 e. The Bertz CT molecular complexity index is 573. The van der Waals surface area contributed by atoms with E-state index in [9.17, 15) is 5.11 Å². The molecular weight excluding hydrogens is 304 g/mol. The number of unbranched alkanes of at least 4 members (excludes halogenated alkanes) is 8. The van der Waals surface area contributed by atoms with Gasteiger partial charge >= 0.3 is 0 Å². The molecule has 6 heteroatoms. The van der Waals surface area contributed by atoms with Crippen molar-refractivity contribution >= 4 is 11.2 Å². The highest BCUT2D eigenvalue weighted by atomic mass is 16.3. The first-order chi connectivity index (χ1) is 11.8. The lowest BCUT2D eigenvalue weighted by Crippen LogP contribution is -2.12. The third-order valence-corrected chi connectivity index (χ3v) is 4.34. The second-order valence-electron chi connectivity index (χ2n) is 6.48. The first-order valence-corrected chi connectivity index (χ1v) is 9.23. The molecular formula is C18H30N4O2. The van der Waals surface area contributed by atoms with Crippen LogP contribution in [0.3, 0.4) is 0 Å². The third-order valence-electron chi connectivity index (χ3n) is 4.34. The maximum Gasteiger partial charge on any atom is 0.180 e. The summed E-state index contributed by atoms with van der Waals surface area (Å²) in [5.41, 5.74) is 1.48. The van der Waals surface area contributed by atoms with Crippen molar-refractivity contribution in [2.75, 3.05) is 6.61 Å². The normalized spacial score (nSPS) is 12.8. The number of H-pyrrole nitrogens is 1. The Hall–Kier alpha value is -1.53. The highest BCUT2D eigenvalue weighted by molar-refractivity contribution is 5.68. The van der Waals surface area contributed by atoms with Crippen molar-refractivity contribution in [3.8, 4) is 0 Å². The summed E-state index contributed by atoms with van der Waals surface area (Å²) in [4.78, 5) is 15.7. The fourth-order valence-corrected chi connectivity index (χ4v) is 2.91. The molecule has 24 heavy (non-hydrogen) atoms. The minimum Gasteiger partial charge on any atom is -0.396 e. The lowest BCUT2D eigenvalue weighted by atomic mass is 10.0. The van der Waals surface area contributed by atoms with E-state index < -0.39 is 0 Å². The largest absolute Gasteiger partial charge is 0.396 e. The summed E-state index contributed by atoms with van der Waals surface area (Å²) in [7, 11) is 0. The summed E-state index contributed by atoms with van der Waals surface area (Å²) >= 11 is 0. The van der Waals surface area contributed by atoms with Gasteiger partial charge in [0.2, 0.25) is 0 Å². The Morgan fingerprint density at radius 2 is 1.58 bits per heavy atom. The average Bonchev–Trinajstić information content (AvgIpc) is 3.04. The SMILES string of the molecule is OCCCCCCCCCCCC(O)Cc1ncc2[nH]cnc2n1. The molecule has 0 aromatic carbocycles. The van der Waals surface area contributed by atoms with Crippen molar-refractivity contribution < 1.29 is 10.2 Å². The van der Waals surface area contributed by atoms with Crippen LogP contribution in [0.4, 0.5) is 0 Å². The molecule has 0 aliphatic carbocycles. The summed E-state index contributed by atoms with van der Waals surface area (Å²) in [6.45, 7) is 0.322. The van der Waals surface area contributed by atoms with Crippen molar-refractivity contribution in [2.24, 2.45) is 0 Å². The lowest BCUT2D eigenvalue weighted by Gasteiger charge is -2.09. The molecule has 0 aliphatic heterocycles. The summed E-state index contributed by atoms with van der Waals surface area (Å²) in [5.74, 6) is 0.657. The number of imidazole rings is 1. The summed E-state index contributed by atoms with van der Waals surface area (Å²) < 4.78 is 0. The molecule has 0 fully saturated rings. The molecule has 2 rings (SSSR count). The van der Waals surface area contributed by atoms with Gasteiger partial charge in [-0.15, -0.1) is 0 Å². The Morgan fingerprint density at radius 3 is 2.29 bits per heavy atom. The van der Waals surface area contributed by atoms with Crippen molar-refractivity contribution in [1.29, 1.82) is 0 Å². The first-order valence-electron chi connectivity index (χ1n) is 9.23. The predicted octanol–water partition coefficient (Wildman–Crippen LogP) is 3.15. The molecule has 134 valence electrons. The zero-order chi connectivity index (χ0) is 17.0. The van der Waals surface area contributed by atoms with Crippen LogP contribution in [-0.4, -0.2) is 42.9 Å². The predicted molar refractivity (Wildman–Crippen MR) is 94.7 cm³/mol. The average molecular weight is 334 g/mol. The molecule has 6 nitrogen and oxygen atoms in total. The molecule has 0 aliphatic rings. The maximum absolute atomic E-state index is 10.1. The van der Waals surface area contributed by atoms with Crippen LogP contribution in [0.25, 0.3) is 11.2 Å². The highest BCUT2D eigenvalue weighted by Gasteiger charge is 2.09. The van der Waals surface area contributed by atoms with E-state index in [1.165, 1.54) is 38.5 Å². The molecule has 2 heterocycles. The van der Waals surface area contributed by atoms with Crippen molar-refractivity contribution in [3.63, 3.8) is 0 Å². The molecule has 1 unspecified atom stereocenters. The van der Waals surface area contributed by atoms with Crippen LogP contribution in [0.1, 0.15) is 70.0 Å². The van der Waals surface area contributed by atoms with Crippen LogP contribution in [0.5, 0.6) is 0 Å². The van der Waals surface area contributed by atoms with E-state index in [0.717, 1.165) is 31.2 Å². The van der Waals surface area contributed by atoms with Gasteiger partial charge in [0.15, 0.2) is 5.65 Å². The number of aromatic amines is 1. The summed E-state index contributed by atoms with van der Waals surface area (Å²) in [6.07, 6.45) is 14.9. The van der Waals surface area contributed by atoms with Gasteiger partial charge in [-0.1, -0.05) is 51.4 Å². The van der Waals surface area contributed by atoms with E-state index >= 15 is 0 Å². The second-order valence-corrected chi connectivity index (χ2v) is 6.48. The number of fused-ring (bicyclic) bond motifs is 1. The minimum atomic E-state index is -0.375. The van der Waals surface area contributed by atoms with E-state index in [1.807, 2.05) is 0 Å². The Kier molecular flexibility index (Phi) is 8.70. The standard InChI is InChI=1S/C18H30N4O2/c23-11-9-7-5-3-1-2-4-6-8-10-15(24)12-17-19-13-16-18(22-17)21-14-20-16/h13-15,23-24H,1-12H2,(H,19,20,21,22). The number of aliphatic hydroxyl groups is 2. The first kappa shape index (κ1) is 18.8. The Balaban J connectivity index is 1.50. The zero-order valence-electron chi connectivity index (χ0n) is 14.5. The minimum absolute atomic E-state index is 0.322. The van der Waals surface area contributed by atoms with Crippen LogP contribution in [0.15, 0.2) is 12.5 Å². The topological polar surface area (TPSA) is 94.9 Å². The van der Waals surface area contributed by atoms with E-state index in [1.54, 1.807) is 12.5 Å². The van der Waals surface area contributed by atoms with Gasteiger partial charge in [-0.3, -0.25) is 0 Å². The quantitative estimate of drug-likeness (QED) is 0.489. The molecule has 0 saturated carbocycles. The fraction of sp³-hybridized carbons (Fsp3) is 0.722. The molecule has 0 amide bonds. The Morgan fingerprint density at radius 1 is 0.917 bits per heavy atom. The lowest BCUT2D eigenvalue weighted by molar-refractivity contribution is 0.158. The molecule has 1 atom stereocenters. The van der Waals surface area contributed by atoms with Gasteiger partial charge in [0, 0.05) is 13.0 Å². The molecule has 0 bridgehead atoms. The van der Waals surface area contributed by atoms with Gasteiger partial charge in [-0.25, -0.2) is 15.0 Å². The van der Waals surface area contributed by atoms with Crippen LogP contribution in [-0.2, 0) is 6.42 Å². The number of hydrogen-bond acceptors (Lipinski definition) is 5. The van der Waals surface area contributed by atoms with Gasteiger partial charge < -0.3 is 15.2 Å². The summed E-state index contributed by atoms with van der Waals surface area (Å²) in [5, 5.41) is 18.8. The maximum atomic E-state index is 10.1. The molecule has 0 saturated heterocycles. The monoisotopic (exact) mass is 334 g/mol. The number of rotatable bonds is 13. The number of aromatic nitrogens is 4.